The second-order valence-electron chi connectivity index (χ2n) is 3.71. The predicted molar refractivity (Wildman–Crippen MR) is 63.0 cm³/mol. The van der Waals surface area contributed by atoms with Crippen molar-refractivity contribution in [1.82, 2.24) is 14.5 Å². The second kappa shape index (κ2) is 4.78. The molecular formula is C12H13N3O2. The van der Waals surface area contributed by atoms with E-state index in [0.29, 0.717) is 11.4 Å². The lowest BCUT2D eigenvalue weighted by molar-refractivity contribution is 0.102. The lowest BCUT2D eigenvalue weighted by Crippen LogP contribution is -2.14. The number of carbonyl (C=O) groups is 1. The first-order valence-corrected chi connectivity index (χ1v) is 5.47. The Hall–Kier alpha value is -2.17. The van der Waals surface area contributed by atoms with Crippen molar-refractivity contribution in [1.29, 1.82) is 0 Å². The van der Waals surface area contributed by atoms with E-state index in [0.717, 1.165) is 13.0 Å². The maximum Gasteiger partial charge on any atom is 0.248 e. The number of nitrogens with one attached hydrogen (secondary N) is 1. The summed E-state index contributed by atoms with van der Waals surface area (Å²) >= 11 is 0. The average Bonchev–Trinajstić information content (AvgIpc) is 2.77. The van der Waals surface area contributed by atoms with Gasteiger partial charge in [0.1, 0.15) is 0 Å². The van der Waals surface area contributed by atoms with Crippen molar-refractivity contribution in [3.63, 3.8) is 0 Å². The van der Waals surface area contributed by atoms with Gasteiger partial charge in [-0.25, -0.2) is 4.98 Å². The molecule has 0 radical (unpaired) electrons. The number of hydrogen-bond acceptors (Lipinski definition) is 3. The number of H-pyrrole nitrogens is 1. The highest BCUT2D eigenvalue weighted by Gasteiger charge is 2.14. The van der Waals surface area contributed by atoms with E-state index in [2.05, 4.69) is 9.97 Å². The number of aryl methyl sites for hydroxylation is 1. The van der Waals surface area contributed by atoms with Crippen LogP contribution in [0.4, 0.5) is 0 Å². The molecule has 0 amide bonds. The van der Waals surface area contributed by atoms with Gasteiger partial charge in [-0.1, -0.05) is 6.92 Å². The molecule has 0 saturated heterocycles. The Labute approximate surface area is 98.1 Å². The van der Waals surface area contributed by atoms with E-state index in [1.54, 1.807) is 23.0 Å². The Balaban J connectivity index is 2.37. The van der Waals surface area contributed by atoms with Crippen LogP contribution in [-0.2, 0) is 6.54 Å². The molecule has 0 bridgehead atoms. The lowest BCUT2D eigenvalue weighted by Gasteiger charge is -2.04. The average molecular weight is 231 g/mol. The van der Waals surface area contributed by atoms with Gasteiger partial charge in [-0.15, -0.1) is 0 Å². The Morgan fingerprint density at radius 2 is 2.35 bits per heavy atom. The molecule has 0 aliphatic heterocycles. The Kier molecular flexibility index (Phi) is 3.18. The van der Waals surface area contributed by atoms with Gasteiger partial charge in [-0.2, -0.15) is 0 Å². The Bertz CT molecular complexity index is 583. The van der Waals surface area contributed by atoms with Crippen LogP contribution in [0.5, 0.6) is 0 Å². The summed E-state index contributed by atoms with van der Waals surface area (Å²) in [6.45, 7) is 2.77. The SMILES string of the molecule is CCCn1ccnc1C(=O)c1cc[nH]c(=O)c1. The van der Waals surface area contributed by atoms with Gasteiger partial charge in [0.05, 0.1) is 0 Å². The maximum absolute atomic E-state index is 12.1. The summed E-state index contributed by atoms with van der Waals surface area (Å²) in [6.07, 6.45) is 5.74. The van der Waals surface area contributed by atoms with Crippen LogP contribution in [0.3, 0.4) is 0 Å². The number of pyridine rings is 1. The van der Waals surface area contributed by atoms with Crippen molar-refractivity contribution in [2.45, 2.75) is 19.9 Å². The van der Waals surface area contributed by atoms with Gasteiger partial charge in [0.15, 0.2) is 5.82 Å². The smallest absolute Gasteiger partial charge is 0.248 e. The monoisotopic (exact) mass is 231 g/mol. The third-order valence-corrected chi connectivity index (χ3v) is 2.42. The number of nitrogens with zero attached hydrogens (tertiary/aromatic N) is 2. The fourth-order valence-corrected chi connectivity index (χ4v) is 1.65. The minimum atomic E-state index is -0.288. The third-order valence-electron chi connectivity index (χ3n) is 2.42. The molecule has 0 aromatic carbocycles. The van der Waals surface area contributed by atoms with Crippen molar-refractivity contribution in [2.24, 2.45) is 0 Å². The van der Waals surface area contributed by atoms with E-state index in [-0.39, 0.29) is 11.3 Å². The van der Waals surface area contributed by atoms with Crippen LogP contribution in [0.2, 0.25) is 0 Å². The quantitative estimate of drug-likeness (QED) is 0.804. The second-order valence-corrected chi connectivity index (χ2v) is 3.71. The van der Waals surface area contributed by atoms with Crippen LogP contribution >= 0.6 is 0 Å². The molecule has 5 nitrogen and oxygen atoms in total. The molecule has 0 aliphatic rings. The largest absolute Gasteiger partial charge is 0.329 e. The topological polar surface area (TPSA) is 67.8 Å². The highest BCUT2D eigenvalue weighted by Crippen LogP contribution is 2.06. The first-order chi connectivity index (χ1) is 8.22. The summed E-state index contributed by atoms with van der Waals surface area (Å²) in [4.78, 5) is 29.8. The van der Waals surface area contributed by atoms with Crippen LogP contribution < -0.4 is 5.56 Å². The van der Waals surface area contributed by atoms with Crippen molar-refractivity contribution >= 4 is 5.78 Å². The fourth-order valence-electron chi connectivity index (χ4n) is 1.65. The number of aromatic nitrogens is 3. The zero-order valence-corrected chi connectivity index (χ0v) is 9.51. The third kappa shape index (κ3) is 2.33. The van der Waals surface area contributed by atoms with E-state index in [9.17, 15) is 9.59 Å². The van der Waals surface area contributed by atoms with Gasteiger partial charge in [-0.3, -0.25) is 9.59 Å². The molecule has 2 heterocycles. The van der Waals surface area contributed by atoms with Gasteiger partial charge in [0, 0.05) is 36.8 Å². The van der Waals surface area contributed by atoms with Crippen LogP contribution in [0.1, 0.15) is 29.5 Å². The van der Waals surface area contributed by atoms with E-state index < -0.39 is 0 Å². The molecule has 2 aromatic heterocycles. The molecule has 2 rings (SSSR count). The normalized spacial score (nSPS) is 10.4. The minimum Gasteiger partial charge on any atom is -0.329 e. The number of carbonyl (C=O) groups excluding carboxylic acids is 1. The number of rotatable bonds is 4. The van der Waals surface area contributed by atoms with Crippen molar-refractivity contribution in [2.75, 3.05) is 0 Å². The van der Waals surface area contributed by atoms with E-state index in [1.165, 1.54) is 12.3 Å². The van der Waals surface area contributed by atoms with E-state index in [1.807, 2.05) is 6.92 Å². The van der Waals surface area contributed by atoms with Gasteiger partial charge in [0.2, 0.25) is 11.3 Å². The number of ketones is 1. The lowest BCUT2D eigenvalue weighted by atomic mass is 10.1. The molecular weight excluding hydrogens is 218 g/mol. The predicted octanol–water partition coefficient (Wildman–Crippen LogP) is 1.21. The van der Waals surface area contributed by atoms with Crippen LogP contribution in [0.15, 0.2) is 35.5 Å². The van der Waals surface area contributed by atoms with Crippen LogP contribution in [-0.4, -0.2) is 20.3 Å². The summed E-state index contributed by atoms with van der Waals surface area (Å²) < 4.78 is 1.80. The van der Waals surface area contributed by atoms with E-state index in [4.69, 9.17) is 0 Å². The van der Waals surface area contributed by atoms with E-state index >= 15 is 0 Å². The van der Waals surface area contributed by atoms with Gasteiger partial charge in [0.25, 0.3) is 0 Å². The van der Waals surface area contributed by atoms with Gasteiger partial charge < -0.3 is 9.55 Å². The molecule has 1 N–H and O–H groups in total. The van der Waals surface area contributed by atoms with Gasteiger partial charge >= 0.3 is 0 Å². The molecule has 88 valence electrons. The van der Waals surface area contributed by atoms with Crippen molar-refractivity contribution < 1.29 is 4.79 Å². The number of imidazole rings is 1. The zero-order chi connectivity index (χ0) is 12.3. The number of aromatic amines is 1. The molecule has 0 saturated carbocycles. The molecule has 2 aromatic rings. The standard InChI is InChI=1S/C12H13N3O2/c1-2-6-15-7-5-14-12(15)11(17)9-3-4-13-10(16)8-9/h3-5,7-8H,2,6H2,1H3,(H,13,16). The Morgan fingerprint density at radius 1 is 1.53 bits per heavy atom. The summed E-state index contributed by atoms with van der Waals surface area (Å²) in [5.41, 5.74) is 0.0711. The highest BCUT2D eigenvalue weighted by atomic mass is 16.1. The Morgan fingerprint density at radius 3 is 3.06 bits per heavy atom. The summed E-state index contributed by atoms with van der Waals surface area (Å²) in [5, 5.41) is 0. The maximum atomic E-state index is 12.1. The zero-order valence-electron chi connectivity index (χ0n) is 9.51. The molecule has 5 heteroatoms. The van der Waals surface area contributed by atoms with Crippen LogP contribution in [0, 0.1) is 0 Å². The van der Waals surface area contributed by atoms with Gasteiger partial charge in [-0.05, 0) is 12.5 Å². The summed E-state index contributed by atoms with van der Waals surface area (Å²) in [6, 6.07) is 2.86. The van der Waals surface area contributed by atoms with Crippen molar-refractivity contribution in [3.8, 4) is 0 Å². The molecule has 0 spiro atoms. The molecule has 0 unspecified atom stereocenters. The molecule has 0 aliphatic carbocycles. The molecule has 17 heavy (non-hydrogen) atoms. The van der Waals surface area contributed by atoms with Crippen molar-refractivity contribution in [3.05, 3.63) is 52.5 Å². The minimum absolute atomic E-state index is 0.227. The first kappa shape index (κ1) is 11.3. The molecule has 0 fully saturated rings. The first-order valence-electron chi connectivity index (χ1n) is 5.47. The summed E-state index contributed by atoms with van der Waals surface area (Å²) in [5.74, 6) is 0.145. The molecule has 0 atom stereocenters. The highest BCUT2D eigenvalue weighted by molar-refractivity contribution is 6.06. The number of hydrogen-bond donors (Lipinski definition) is 1. The van der Waals surface area contributed by atoms with Crippen LogP contribution in [0.25, 0.3) is 0 Å². The fraction of sp³-hybridized carbons (Fsp3) is 0.250. The summed E-state index contributed by atoms with van der Waals surface area (Å²) in [7, 11) is 0.